The van der Waals surface area contributed by atoms with E-state index in [-0.39, 0.29) is 6.61 Å². The minimum atomic E-state index is 0.118. The smallest absolute Gasteiger partial charge is 0.124 e. The third-order valence-electron chi connectivity index (χ3n) is 2.34. The van der Waals surface area contributed by atoms with Gasteiger partial charge >= 0.3 is 0 Å². The number of hydrogen-bond acceptors (Lipinski definition) is 4. The Morgan fingerprint density at radius 1 is 1.19 bits per heavy atom. The summed E-state index contributed by atoms with van der Waals surface area (Å²) >= 11 is 0. The second-order valence-electron chi connectivity index (χ2n) is 3.47. The van der Waals surface area contributed by atoms with E-state index < -0.39 is 0 Å². The fourth-order valence-corrected chi connectivity index (χ4v) is 1.57. The van der Waals surface area contributed by atoms with Crippen LogP contribution in [0.15, 0.2) is 47.2 Å². The maximum absolute atomic E-state index is 9.04. The fourth-order valence-electron chi connectivity index (χ4n) is 1.57. The molecule has 1 aromatic carbocycles. The molecule has 1 aromatic heterocycles. The van der Waals surface area contributed by atoms with Crippen LogP contribution in [0.2, 0.25) is 0 Å². The van der Waals surface area contributed by atoms with Crippen molar-refractivity contribution in [1.29, 1.82) is 0 Å². The Morgan fingerprint density at radius 3 is 2.62 bits per heavy atom. The molecule has 0 aliphatic carbocycles. The normalized spacial score (nSPS) is 10.3. The Kier molecular flexibility index (Phi) is 3.56. The van der Waals surface area contributed by atoms with E-state index >= 15 is 0 Å². The second kappa shape index (κ2) is 5.32. The Labute approximate surface area is 94.1 Å². The molecule has 2 rings (SSSR count). The SMILES string of the molecule is OCCN(Cc1ccon1)c1ccccc1. The van der Waals surface area contributed by atoms with Gasteiger partial charge in [0.1, 0.15) is 12.0 Å². The van der Waals surface area contributed by atoms with Crippen LogP contribution >= 0.6 is 0 Å². The van der Waals surface area contributed by atoms with Crippen molar-refractivity contribution in [2.45, 2.75) is 6.54 Å². The highest BCUT2D eigenvalue weighted by Gasteiger charge is 2.07. The number of benzene rings is 1. The van der Waals surface area contributed by atoms with Gasteiger partial charge in [-0.15, -0.1) is 0 Å². The topological polar surface area (TPSA) is 49.5 Å². The van der Waals surface area contributed by atoms with Gasteiger partial charge in [-0.3, -0.25) is 0 Å². The van der Waals surface area contributed by atoms with Crippen LogP contribution in [0, 0.1) is 0 Å². The molecule has 4 nitrogen and oxygen atoms in total. The molecule has 4 heteroatoms. The molecule has 0 saturated heterocycles. The Morgan fingerprint density at radius 2 is 2.00 bits per heavy atom. The van der Waals surface area contributed by atoms with E-state index in [9.17, 15) is 0 Å². The van der Waals surface area contributed by atoms with Gasteiger partial charge in [0.2, 0.25) is 0 Å². The first kappa shape index (κ1) is 10.7. The number of anilines is 1. The molecule has 2 aromatic rings. The number of aromatic nitrogens is 1. The first-order chi connectivity index (χ1) is 7.90. The molecule has 0 atom stereocenters. The lowest BCUT2D eigenvalue weighted by molar-refractivity contribution is 0.301. The van der Waals surface area contributed by atoms with Crippen molar-refractivity contribution in [2.24, 2.45) is 0 Å². The minimum absolute atomic E-state index is 0.118. The Bertz CT molecular complexity index is 400. The molecule has 0 aliphatic rings. The number of para-hydroxylation sites is 1. The minimum Gasteiger partial charge on any atom is -0.395 e. The van der Waals surface area contributed by atoms with Crippen LogP contribution in [0.1, 0.15) is 5.69 Å². The average molecular weight is 218 g/mol. The molecular weight excluding hydrogens is 204 g/mol. The second-order valence-corrected chi connectivity index (χ2v) is 3.47. The van der Waals surface area contributed by atoms with Gasteiger partial charge in [-0.2, -0.15) is 0 Å². The summed E-state index contributed by atoms with van der Waals surface area (Å²) in [6.07, 6.45) is 1.55. The van der Waals surface area contributed by atoms with Crippen LogP contribution < -0.4 is 4.90 Å². The van der Waals surface area contributed by atoms with Crippen LogP contribution in [-0.4, -0.2) is 23.4 Å². The van der Waals surface area contributed by atoms with Crippen molar-refractivity contribution in [3.05, 3.63) is 48.4 Å². The van der Waals surface area contributed by atoms with Crippen LogP contribution in [-0.2, 0) is 6.54 Å². The van der Waals surface area contributed by atoms with Crippen molar-refractivity contribution in [3.63, 3.8) is 0 Å². The van der Waals surface area contributed by atoms with E-state index in [1.807, 2.05) is 36.4 Å². The van der Waals surface area contributed by atoms with E-state index in [1.54, 1.807) is 6.26 Å². The summed E-state index contributed by atoms with van der Waals surface area (Å²) in [5, 5.41) is 12.9. The van der Waals surface area contributed by atoms with E-state index in [1.165, 1.54) is 0 Å². The number of nitrogens with zero attached hydrogens (tertiary/aromatic N) is 2. The predicted octanol–water partition coefficient (Wildman–Crippen LogP) is 1.67. The third-order valence-corrected chi connectivity index (χ3v) is 2.34. The lowest BCUT2D eigenvalue weighted by Gasteiger charge is -2.22. The van der Waals surface area contributed by atoms with E-state index in [2.05, 4.69) is 10.1 Å². The molecule has 0 spiro atoms. The molecule has 0 saturated carbocycles. The van der Waals surface area contributed by atoms with E-state index in [0.29, 0.717) is 13.1 Å². The van der Waals surface area contributed by atoms with Crippen molar-refractivity contribution < 1.29 is 9.63 Å². The molecule has 0 unspecified atom stereocenters. The van der Waals surface area contributed by atoms with Gasteiger partial charge in [-0.05, 0) is 12.1 Å². The summed E-state index contributed by atoms with van der Waals surface area (Å²) in [6.45, 7) is 1.34. The Balaban J connectivity index is 2.11. The average Bonchev–Trinajstić information content (AvgIpc) is 2.83. The molecule has 0 amide bonds. The number of rotatable bonds is 5. The van der Waals surface area contributed by atoms with Crippen LogP contribution in [0.25, 0.3) is 0 Å². The molecule has 84 valence electrons. The first-order valence-electron chi connectivity index (χ1n) is 5.20. The number of aliphatic hydroxyl groups excluding tert-OH is 1. The maximum atomic E-state index is 9.04. The van der Waals surface area contributed by atoms with Gasteiger partial charge in [-0.1, -0.05) is 23.4 Å². The largest absolute Gasteiger partial charge is 0.395 e. The zero-order valence-electron chi connectivity index (χ0n) is 8.91. The Hall–Kier alpha value is -1.81. The summed E-state index contributed by atoms with van der Waals surface area (Å²) in [5.74, 6) is 0. The molecule has 16 heavy (non-hydrogen) atoms. The highest BCUT2D eigenvalue weighted by Crippen LogP contribution is 2.15. The van der Waals surface area contributed by atoms with Crippen molar-refractivity contribution in [2.75, 3.05) is 18.1 Å². The lowest BCUT2D eigenvalue weighted by Crippen LogP contribution is -2.26. The summed E-state index contributed by atoms with van der Waals surface area (Å²) in [4.78, 5) is 2.05. The highest BCUT2D eigenvalue weighted by atomic mass is 16.5. The zero-order chi connectivity index (χ0) is 11.2. The first-order valence-corrected chi connectivity index (χ1v) is 5.20. The van der Waals surface area contributed by atoms with Crippen molar-refractivity contribution >= 4 is 5.69 Å². The molecule has 1 N–H and O–H groups in total. The standard InChI is InChI=1S/C12H14N2O2/c15-8-7-14(10-11-6-9-16-13-11)12-4-2-1-3-5-12/h1-6,9,15H,7-8,10H2. The third kappa shape index (κ3) is 2.61. The summed E-state index contributed by atoms with van der Waals surface area (Å²) in [7, 11) is 0. The van der Waals surface area contributed by atoms with Crippen molar-refractivity contribution in [3.8, 4) is 0 Å². The molecule has 0 radical (unpaired) electrons. The zero-order valence-corrected chi connectivity index (χ0v) is 8.91. The van der Waals surface area contributed by atoms with Crippen LogP contribution in [0.4, 0.5) is 5.69 Å². The van der Waals surface area contributed by atoms with Crippen LogP contribution in [0.3, 0.4) is 0 Å². The summed E-state index contributed by atoms with van der Waals surface area (Å²) in [5.41, 5.74) is 1.93. The van der Waals surface area contributed by atoms with Gasteiger partial charge in [0.25, 0.3) is 0 Å². The van der Waals surface area contributed by atoms with E-state index in [0.717, 1.165) is 11.4 Å². The monoisotopic (exact) mass is 218 g/mol. The van der Waals surface area contributed by atoms with Gasteiger partial charge in [0.15, 0.2) is 0 Å². The van der Waals surface area contributed by atoms with Gasteiger partial charge in [-0.25, -0.2) is 0 Å². The number of hydrogen-bond donors (Lipinski definition) is 1. The molecule has 1 heterocycles. The van der Waals surface area contributed by atoms with Crippen LogP contribution in [0.5, 0.6) is 0 Å². The molecule has 0 aliphatic heterocycles. The molecular formula is C12H14N2O2. The van der Waals surface area contributed by atoms with Gasteiger partial charge in [0, 0.05) is 18.3 Å². The highest BCUT2D eigenvalue weighted by molar-refractivity contribution is 5.46. The fraction of sp³-hybridized carbons (Fsp3) is 0.250. The maximum Gasteiger partial charge on any atom is 0.124 e. The molecule has 0 bridgehead atoms. The predicted molar refractivity (Wildman–Crippen MR) is 61.1 cm³/mol. The van der Waals surface area contributed by atoms with E-state index in [4.69, 9.17) is 9.63 Å². The lowest BCUT2D eigenvalue weighted by atomic mass is 10.2. The number of aliphatic hydroxyl groups is 1. The van der Waals surface area contributed by atoms with Gasteiger partial charge in [0.05, 0.1) is 13.2 Å². The molecule has 0 fully saturated rings. The quantitative estimate of drug-likeness (QED) is 0.829. The summed E-state index contributed by atoms with van der Waals surface area (Å²) < 4.78 is 4.79. The summed E-state index contributed by atoms with van der Waals surface area (Å²) in [6, 6.07) is 11.8. The van der Waals surface area contributed by atoms with Gasteiger partial charge < -0.3 is 14.5 Å². The van der Waals surface area contributed by atoms with Crippen molar-refractivity contribution in [1.82, 2.24) is 5.16 Å².